The van der Waals surface area contributed by atoms with Gasteiger partial charge in [0.2, 0.25) is 0 Å². The van der Waals surface area contributed by atoms with Crippen LogP contribution in [0.15, 0.2) is 18.3 Å². The Labute approximate surface area is 93.1 Å². The molecule has 0 saturated carbocycles. The third-order valence-corrected chi connectivity index (χ3v) is 0.439. The van der Waals surface area contributed by atoms with Crippen LogP contribution in [0.2, 0.25) is 0 Å². The molecule has 1 radical (unpaired) electrons. The molecule has 0 amide bonds. The van der Waals surface area contributed by atoms with Gasteiger partial charge in [-0.05, 0) is 6.20 Å². The Morgan fingerprint density at radius 2 is 1.82 bits per heavy atom. The molecule has 0 aliphatic rings. The van der Waals surface area contributed by atoms with E-state index in [0.717, 1.165) is 7.11 Å². The van der Waals surface area contributed by atoms with E-state index in [0.29, 0.717) is 0 Å². The molecule has 1 heterocycles. The van der Waals surface area contributed by atoms with Gasteiger partial charge < -0.3 is 5.11 Å². The van der Waals surface area contributed by atoms with Gasteiger partial charge in [0.05, 0.1) is 0 Å². The van der Waals surface area contributed by atoms with Crippen LogP contribution in [0, 0.1) is 6.20 Å². The van der Waals surface area contributed by atoms with E-state index in [-0.39, 0.29) is 32.7 Å². The number of rotatable bonds is 0. The van der Waals surface area contributed by atoms with Crippen molar-refractivity contribution in [1.29, 1.82) is 0 Å². The van der Waals surface area contributed by atoms with Gasteiger partial charge in [-0.3, -0.25) is 5.10 Å². The van der Waals surface area contributed by atoms with Crippen LogP contribution in [0.3, 0.4) is 0 Å². The van der Waals surface area contributed by atoms with Crippen LogP contribution in [-0.4, -0.2) is 22.4 Å². The maximum atomic E-state index is 7.00. The van der Waals surface area contributed by atoms with Gasteiger partial charge in [0.1, 0.15) is 0 Å². The van der Waals surface area contributed by atoms with Gasteiger partial charge in [-0.15, -0.1) is 6.20 Å². The number of aliphatic hydroxyl groups is 1. The number of hydrogen-bond acceptors (Lipinski definition) is 3. The van der Waals surface area contributed by atoms with Crippen LogP contribution in [0.4, 0.5) is 0 Å². The van der Waals surface area contributed by atoms with Gasteiger partial charge in [0.15, 0.2) is 0 Å². The fourth-order valence-corrected chi connectivity index (χ4v) is 0.225. The summed E-state index contributed by atoms with van der Waals surface area (Å²) < 4.78 is 0. The monoisotopic (exact) mass is 230 g/mol. The van der Waals surface area contributed by atoms with Gasteiger partial charge in [-0.25, -0.2) is 6.07 Å². The molecule has 11 heavy (non-hydrogen) atoms. The van der Waals surface area contributed by atoms with Crippen LogP contribution >= 0.6 is 0 Å². The third-order valence-electron chi connectivity index (χ3n) is 0.439. The normalized spacial score (nSPS) is 5.45. The van der Waals surface area contributed by atoms with E-state index >= 15 is 0 Å². The predicted molar refractivity (Wildman–Crippen MR) is 40.4 cm³/mol. The quantitative estimate of drug-likeness (QED) is 0.674. The number of hydrogen-bond donors (Lipinski definition) is 1. The fraction of sp³-hybridized carbons (Fsp3) is 0.429. The van der Waals surface area contributed by atoms with Crippen molar-refractivity contribution in [1.82, 2.24) is 10.2 Å². The number of nitrogens with zero attached hydrogens (tertiary/aromatic N) is 2. The summed E-state index contributed by atoms with van der Waals surface area (Å²) in [4.78, 5) is 0. The van der Waals surface area contributed by atoms with Gasteiger partial charge >= 0.3 is 0 Å². The Bertz CT molecular complexity index is 88.4. The minimum Gasteiger partial charge on any atom is -0.400 e. The van der Waals surface area contributed by atoms with Gasteiger partial charge in [-0.2, -0.15) is 11.2 Å². The molecule has 1 rings (SSSR count). The molecule has 0 unspecified atom stereocenters. The standard InChI is InChI=1S/C4H3N2.C2H6.CH4O.Y/c1-2-4-6-5-3-1;2*1-2;/h1-3H;1-2H3;2H,1H3;/q-1;;;. The summed E-state index contributed by atoms with van der Waals surface area (Å²) in [6, 6.07) is 3.47. The largest absolute Gasteiger partial charge is 0.400 e. The van der Waals surface area contributed by atoms with Crippen molar-refractivity contribution in [3.05, 3.63) is 24.5 Å². The molecule has 0 aliphatic carbocycles. The fourth-order valence-electron chi connectivity index (χ4n) is 0.225. The molecular weight excluding hydrogens is 217 g/mol. The summed E-state index contributed by atoms with van der Waals surface area (Å²) in [7, 11) is 1.00. The molecule has 3 nitrogen and oxygen atoms in total. The van der Waals surface area contributed by atoms with E-state index in [1.165, 1.54) is 0 Å². The van der Waals surface area contributed by atoms with Crippen molar-refractivity contribution in [3.8, 4) is 0 Å². The minimum absolute atomic E-state index is 0. The van der Waals surface area contributed by atoms with E-state index in [9.17, 15) is 0 Å². The molecule has 1 aromatic rings. The first kappa shape index (κ1) is 17.3. The summed E-state index contributed by atoms with van der Waals surface area (Å²) in [5.41, 5.74) is 0. The molecule has 0 aromatic carbocycles. The predicted octanol–water partition coefficient (Wildman–Crippen LogP) is 0.909. The van der Waals surface area contributed by atoms with Crippen molar-refractivity contribution in [2.45, 2.75) is 13.8 Å². The molecule has 0 bridgehead atoms. The summed E-state index contributed by atoms with van der Waals surface area (Å²) >= 11 is 0. The second kappa shape index (κ2) is 22.5. The van der Waals surface area contributed by atoms with Crippen LogP contribution in [0.25, 0.3) is 0 Å². The molecule has 0 atom stereocenters. The van der Waals surface area contributed by atoms with Crippen molar-refractivity contribution >= 4 is 0 Å². The Morgan fingerprint density at radius 1 is 1.27 bits per heavy atom. The first-order valence-corrected chi connectivity index (χ1v) is 3.08. The van der Waals surface area contributed by atoms with Crippen molar-refractivity contribution in [3.63, 3.8) is 0 Å². The molecule has 61 valence electrons. The van der Waals surface area contributed by atoms with Crippen LogP contribution in [-0.2, 0) is 32.7 Å². The Hall–Kier alpha value is 0.144. The van der Waals surface area contributed by atoms with E-state index in [4.69, 9.17) is 5.11 Å². The molecule has 0 spiro atoms. The molecule has 0 aliphatic heterocycles. The molecule has 0 fully saturated rings. The van der Waals surface area contributed by atoms with Crippen molar-refractivity contribution in [2.24, 2.45) is 0 Å². The van der Waals surface area contributed by atoms with E-state index in [1.54, 1.807) is 18.3 Å². The van der Waals surface area contributed by atoms with Crippen LogP contribution in [0.1, 0.15) is 13.8 Å². The van der Waals surface area contributed by atoms with E-state index in [2.05, 4.69) is 16.4 Å². The van der Waals surface area contributed by atoms with E-state index in [1.807, 2.05) is 13.8 Å². The first-order chi connectivity index (χ1) is 5.00. The topological polar surface area (TPSA) is 46.0 Å². The molecule has 1 N–H and O–H groups in total. The summed E-state index contributed by atoms with van der Waals surface area (Å²) in [6.07, 6.45) is 4.14. The zero-order valence-corrected chi connectivity index (χ0v) is 9.99. The SMILES string of the molecule is CC.CO.[Y].[c-]1cccnn1. The Kier molecular flexibility index (Phi) is 35.3. The molecular formula is C7H13N2OY-. The summed E-state index contributed by atoms with van der Waals surface area (Å²) in [5.74, 6) is 0. The average Bonchev–Trinajstić information content (AvgIpc) is 2.14. The van der Waals surface area contributed by atoms with Crippen LogP contribution in [0.5, 0.6) is 0 Å². The zero-order valence-electron chi connectivity index (χ0n) is 7.15. The zero-order chi connectivity index (χ0) is 8.24. The molecule has 0 saturated heterocycles. The van der Waals surface area contributed by atoms with Crippen molar-refractivity contribution < 1.29 is 37.8 Å². The van der Waals surface area contributed by atoms with Gasteiger partial charge in [0.25, 0.3) is 0 Å². The first-order valence-electron chi connectivity index (χ1n) is 3.08. The average molecular weight is 230 g/mol. The number of aliphatic hydroxyl groups excluding tert-OH is 1. The molecule has 1 aromatic heterocycles. The maximum absolute atomic E-state index is 7.00. The third kappa shape index (κ3) is 17.8. The van der Waals surface area contributed by atoms with Crippen LogP contribution < -0.4 is 0 Å². The molecule has 4 heteroatoms. The van der Waals surface area contributed by atoms with Gasteiger partial charge in [0, 0.05) is 39.8 Å². The second-order valence-electron chi connectivity index (χ2n) is 0.853. The van der Waals surface area contributed by atoms with Gasteiger partial charge in [-0.1, -0.05) is 13.8 Å². The minimum atomic E-state index is 0. The second-order valence-corrected chi connectivity index (χ2v) is 0.853. The van der Waals surface area contributed by atoms with Crippen molar-refractivity contribution in [2.75, 3.05) is 7.11 Å². The summed E-state index contributed by atoms with van der Waals surface area (Å²) in [5, 5.41) is 13.9. The van der Waals surface area contributed by atoms with E-state index < -0.39 is 0 Å². The Balaban J connectivity index is -0.000000114. The smallest absolute Gasteiger partial charge is 0.0319 e. The number of aromatic nitrogens is 2. The Morgan fingerprint density at radius 3 is 1.91 bits per heavy atom. The summed E-state index contributed by atoms with van der Waals surface area (Å²) in [6.45, 7) is 4.00. The maximum Gasteiger partial charge on any atom is 0.0319 e.